The van der Waals surface area contributed by atoms with Gasteiger partial charge in [0, 0.05) is 35.3 Å². The van der Waals surface area contributed by atoms with Crippen molar-refractivity contribution in [1.82, 2.24) is 4.90 Å². The van der Waals surface area contributed by atoms with Crippen molar-refractivity contribution in [2.24, 2.45) is 17.2 Å². The summed E-state index contributed by atoms with van der Waals surface area (Å²) in [4.78, 5) is 45.8. The van der Waals surface area contributed by atoms with Crippen molar-refractivity contribution < 1.29 is 19.2 Å². The van der Waals surface area contributed by atoms with Gasteiger partial charge < -0.3 is 22.1 Å². The number of benzene rings is 2. The molecule has 1 heterocycles. The fraction of sp³-hybridized carbons (Fsp3) is 0.200. The van der Waals surface area contributed by atoms with E-state index in [0.717, 1.165) is 25.9 Å². The highest BCUT2D eigenvalue weighted by atomic mass is 16.2. The standard InChI is InChI=1S/C12H14N2O2.C8H8N2O2/c13-11(15)9-3-5-10(6-4-9)12(16)14-7-1-2-8-14;9-7(11)5-1-2-6(4-3-5)8(10)12/h3-6H,1-2,7-8H2,(H2,13,15);1-4H,(H2,9,11)(H2,10,12). The highest BCUT2D eigenvalue weighted by Gasteiger charge is 2.19. The highest BCUT2D eigenvalue weighted by Crippen LogP contribution is 2.13. The van der Waals surface area contributed by atoms with Crippen LogP contribution in [0.4, 0.5) is 0 Å². The van der Waals surface area contributed by atoms with Crippen LogP contribution in [0.25, 0.3) is 0 Å². The minimum Gasteiger partial charge on any atom is -0.366 e. The number of nitrogens with two attached hydrogens (primary N) is 3. The van der Waals surface area contributed by atoms with Crippen molar-refractivity contribution in [2.75, 3.05) is 13.1 Å². The molecule has 28 heavy (non-hydrogen) atoms. The smallest absolute Gasteiger partial charge is 0.253 e. The molecule has 0 saturated carbocycles. The van der Waals surface area contributed by atoms with Crippen molar-refractivity contribution in [3.63, 3.8) is 0 Å². The fourth-order valence-corrected chi connectivity index (χ4v) is 2.68. The first-order chi connectivity index (χ1) is 13.3. The molecule has 3 rings (SSSR count). The van der Waals surface area contributed by atoms with Gasteiger partial charge in [-0.2, -0.15) is 0 Å². The van der Waals surface area contributed by atoms with E-state index < -0.39 is 17.7 Å². The molecule has 0 aromatic heterocycles. The summed E-state index contributed by atoms with van der Waals surface area (Å²) in [6.07, 6.45) is 2.15. The molecule has 146 valence electrons. The molecule has 0 spiro atoms. The molecule has 1 aliphatic heterocycles. The summed E-state index contributed by atoms with van der Waals surface area (Å²) in [7, 11) is 0. The molecule has 4 amide bonds. The molecule has 0 radical (unpaired) electrons. The quantitative estimate of drug-likeness (QED) is 0.720. The second kappa shape index (κ2) is 9.31. The Kier molecular flexibility index (Phi) is 6.86. The SMILES string of the molecule is NC(=O)c1ccc(C(=O)N2CCCC2)cc1.NC(=O)c1ccc(C(N)=O)cc1. The van der Waals surface area contributed by atoms with Gasteiger partial charge in [0.2, 0.25) is 17.7 Å². The van der Waals surface area contributed by atoms with Gasteiger partial charge >= 0.3 is 0 Å². The van der Waals surface area contributed by atoms with Crippen LogP contribution in [-0.4, -0.2) is 41.6 Å². The topological polar surface area (TPSA) is 150 Å². The Balaban J connectivity index is 0.000000209. The van der Waals surface area contributed by atoms with Crippen molar-refractivity contribution in [3.05, 3.63) is 70.8 Å². The monoisotopic (exact) mass is 382 g/mol. The van der Waals surface area contributed by atoms with E-state index in [-0.39, 0.29) is 5.91 Å². The zero-order valence-electron chi connectivity index (χ0n) is 15.3. The van der Waals surface area contributed by atoms with Crippen LogP contribution in [0.2, 0.25) is 0 Å². The highest BCUT2D eigenvalue weighted by molar-refractivity contribution is 5.97. The lowest BCUT2D eigenvalue weighted by molar-refractivity contribution is 0.0791. The summed E-state index contributed by atoms with van der Waals surface area (Å²) >= 11 is 0. The molecule has 1 fully saturated rings. The van der Waals surface area contributed by atoms with E-state index in [2.05, 4.69) is 0 Å². The second-order valence-electron chi connectivity index (χ2n) is 6.25. The molecule has 1 saturated heterocycles. The van der Waals surface area contributed by atoms with Gasteiger partial charge in [-0.25, -0.2) is 0 Å². The number of amides is 4. The van der Waals surface area contributed by atoms with Crippen LogP contribution in [0.15, 0.2) is 48.5 Å². The predicted molar refractivity (Wildman–Crippen MR) is 104 cm³/mol. The Hall–Kier alpha value is -3.68. The van der Waals surface area contributed by atoms with Gasteiger partial charge in [0.05, 0.1) is 0 Å². The van der Waals surface area contributed by atoms with Gasteiger partial charge in [-0.3, -0.25) is 19.2 Å². The lowest BCUT2D eigenvalue weighted by atomic mass is 10.1. The Morgan fingerprint density at radius 3 is 1.14 bits per heavy atom. The first-order valence-corrected chi connectivity index (χ1v) is 8.68. The number of carbonyl (C=O) groups excluding carboxylic acids is 4. The van der Waals surface area contributed by atoms with Crippen LogP contribution < -0.4 is 17.2 Å². The summed E-state index contributed by atoms with van der Waals surface area (Å²) in [6.45, 7) is 1.66. The van der Waals surface area contributed by atoms with E-state index in [1.807, 2.05) is 4.90 Å². The Labute approximate surface area is 162 Å². The molecule has 8 heteroatoms. The number of nitrogens with zero attached hydrogens (tertiary/aromatic N) is 1. The predicted octanol–water partition coefficient (Wildman–Crippen LogP) is 0.906. The zero-order valence-corrected chi connectivity index (χ0v) is 15.3. The van der Waals surface area contributed by atoms with E-state index in [0.29, 0.717) is 22.3 Å². The normalized spacial score (nSPS) is 12.6. The van der Waals surface area contributed by atoms with Crippen molar-refractivity contribution in [1.29, 1.82) is 0 Å². The summed E-state index contributed by atoms with van der Waals surface area (Å²) in [5, 5.41) is 0. The Morgan fingerprint density at radius 1 is 0.571 bits per heavy atom. The van der Waals surface area contributed by atoms with E-state index in [4.69, 9.17) is 17.2 Å². The molecule has 1 aliphatic rings. The summed E-state index contributed by atoms with van der Waals surface area (Å²) < 4.78 is 0. The van der Waals surface area contributed by atoms with Gasteiger partial charge in [0.15, 0.2) is 0 Å². The third-order valence-electron chi connectivity index (χ3n) is 4.26. The van der Waals surface area contributed by atoms with Crippen LogP contribution in [0.3, 0.4) is 0 Å². The van der Waals surface area contributed by atoms with Gasteiger partial charge in [-0.05, 0) is 61.4 Å². The van der Waals surface area contributed by atoms with Gasteiger partial charge in [-0.1, -0.05) is 0 Å². The summed E-state index contributed by atoms with van der Waals surface area (Å²) in [5.74, 6) is -1.48. The molecule has 8 nitrogen and oxygen atoms in total. The average Bonchev–Trinajstić information content (AvgIpc) is 3.23. The zero-order chi connectivity index (χ0) is 20.7. The maximum Gasteiger partial charge on any atom is 0.253 e. The van der Waals surface area contributed by atoms with E-state index in [1.54, 1.807) is 24.3 Å². The average molecular weight is 382 g/mol. The molecule has 0 aliphatic carbocycles. The third-order valence-corrected chi connectivity index (χ3v) is 4.26. The van der Waals surface area contributed by atoms with Crippen molar-refractivity contribution in [2.45, 2.75) is 12.8 Å². The van der Waals surface area contributed by atoms with Gasteiger partial charge in [0.25, 0.3) is 5.91 Å². The first kappa shape index (κ1) is 20.6. The van der Waals surface area contributed by atoms with E-state index in [9.17, 15) is 19.2 Å². The van der Waals surface area contributed by atoms with Crippen molar-refractivity contribution in [3.8, 4) is 0 Å². The molecular formula is C20H22N4O4. The number of rotatable bonds is 4. The molecule has 0 bridgehead atoms. The second-order valence-corrected chi connectivity index (χ2v) is 6.25. The van der Waals surface area contributed by atoms with Gasteiger partial charge in [0.1, 0.15) is 0 Å². The largest absolute Gasteiger partial charge is 0.366 e. The molecule has 2 aromatic rings. The minimum atomic E-state index is -0.522. The lowest BCUT2D eigenvalue weighted by Crippen LogP contribution is -2.27. The first-order valence-electron chi connectivity index (χ1n) is 8.68. The Morgan fingerprint density at radius 2 is 0.857 bits per heavy atom. The van der Waals surface area contributed by atoms with Crippen LogP contribution in [0.1, 0.15) is 54.3 Å². The van der Waals surface area contributed by atoms with Crippen LogP contribution in [-0.2, 0) is 0 Å². The van der Waals surface area contributed by atoms with Gasteiger partial charge in [-0.15, -0.1) is 0 Å². The molecule has 2 aromatic carbocycles. The maximum atomic E-state index is 11.9. The summed E-state index contributed by atoms with van der Waals surface area (Å²) in [5.41, 5.74) is 16.9. The number of hydrogen-bond donors (Lipinski definition) is 3. The van der Waals surface area contributed by atoms with Crippen LogP contribution >= 0.6 is 0 Å². The minimum absolute atomic E-state index is 0.0357. The van der Waals surface area contributed by atoms with E-state index in [1.165, 1.54) is 24.3 Å². The number of likely N-dealkylation sites (tertiary alicyclic amines) is 1. The van der Waals surface area contributed by atoms with Crippen molar-refractivity contribution >= 4 is 23.6 Å². The molecule has 0 unspecified atom stereocenters. The Bertz CT molecular complexity index is 837. The molecular weight excluding hydrogens is 360 g/mol. The van der Waals surface area contributed by atoms with Crippen LogP contribution in [0, 0.1) is 0 Å². The fourth-order valence-electron chi connectivity index (χ4n) is 2.68. The third kappa shape index (κ3) is 5.41. The van der Waals surface area contributed by atoms with Crippen LogP contribution in [0.5, 0.6) is 0 Å². The van der Waals surface area contributed by atoms with E-state index >= 15 is 0 Å². The number of carbonyl (C=O) groups is 4. The maximum absolute atomic E-state index is 11.9. The lowest BCUT2D eigenvalue weighted by Gasteiger charge is -2.15. The summed E-state index contributed by atoms with van der Waals surface area (Å²) in [6, 6.07) is 12.3. The number of primary amides is 3. The molecule has 6 N–H and O–H groups in total. The number of hydrogen-bond acceptors (Lipinski definition) is 4. The molecule has 0 atom stereocenters.